The molecule has 0 aliphatic rings. The second kappa shape index (κ2) is 14.5. The fourth-order valence-corrected chi connectivity index (χ4v) is 4.64. The Balaban J connectivity index is 1.74. The maximum Gasteiger partial charge on any atom is 0.324 e. The van der Waals surface area contributed by atoms with Crippen molar-refractivity contribution >= 4 is 28.6 Å². The third-order valence-corrected chi connectivity index (χ3v) is 7.37. The van der Waals surface area contributed by atoms with Crippen molar-refractivity contribution in [2.24, 2.45) is 11.7 Å². The minimum atomic E-state index is -0.723. The molecule has 2 aromatic carbocycles. The molecule has 0 spiro atoms. The Kier molecular flexibility index (Phi) is 10.5. The molecule has 10 nitrogen and oxygen atoms in total. The molecule has 3 N–H and O–H groups in total. The highest BCUT2D eigenvalue weighted by Gasteiger charge is 2.22. The van der Waals surface area contributed by atoms with Crippen molar-refractivity contribution in [3.63, 3.8) is 0 Å². The first kappa shape index (κ1) is 31.9. The number of amides is 1. The quantitative estimate of drug-likeness (QED) is 0.169. The smallest absolute Gasteiger partial charge is 0.324 e. The Morgan fingerprint density at radius 2 is 1.95 bits per heavy atom. The van der Waals surface area contributed by atoms with E-state index in [-0.39, 0.29) is 18.6 Å². The van der Waals surface area contributed by atoms with E-state index in [9.17, 15) is 14.9 Å². The van der Waals surface area contributed by atoms with Gasteiger partial charge in [-0.3, -0.25) is 14.2 Å². The molecule has 0 aliphatic heterocycles. The van der Waals surface area contributed by atoms with Crippen LogP contribution in [-0.4, -0.2) is 60.1 Å². The topological polar surface area (TPSA) is 136 Å². The second-order valence-electron chi connectivity index (χ2n) is 10.9. The number of aromatic nitrogens is 2. The van der Waals surface area contributed by atoms with Gasteiger partial charge in [0, 0.05) is 53.3 Å². The number of nitrogens with one attached hydrogen (secondary N) is 1. The number of hydrogen-bond donors (Lipinski definition) is 2. The van der Waals surface area contributed by atoms with Gasteiger partial charge in [-0.05, 0) is 61.5 Å². The van der Waals surface area contributed by atoms with Gasteiger partial charge >= 0.3 is 5.97 Å². The van der Waals surface area contributed by atoms with E-state index in [4.69, 9.17) is 20.2 Å². The van der Waals surface area contributed by atoms with Gasteiger partial charge in [-0.1, -0.05) is 38.5 Å². The lowest BCUT2D eigenvalue weighted by atomic mass is 10.0. The lowest BCUT2D eigenvalue weighted by Gasteiger charge is -2.17. The molecule has 0 saturated carbocycles. The largest absolute Gasteiger partial charge is 0.497 e. The number of rotatable bonds is 12. The number of pyridine rings is 1. The van der Waals surface area contributed by atoms with E-state index in [1.165, 1.54) is 6.08 Å². The van der Waals surface area contributed by atoms with Gasteiger partial charge in [-0.25, -0.2) is 4.98 Å². The van der Waals surface area contributed by atoms with E-state index in [0.717, 1.165) is 34.1 Å². The SMILES string of the molecule is CC[C@H](C)[C@H](N)C(=O)OCn1cc(-c2cccc(C#N)c2)c2cc(-c3cc(NC(=O)/C=C/CN(C)C)cc(OC)c3)cnc21. The van der Waals surface area contributed by atoms with Crippen LogP contribution in [0.1, 0.15) is 25.8 Å². The van der Waals surface area contributed by atoms with Gasteiger partial charge in [-0.15, -0.1) is 0 Å². The van der Waals surface area contributed by atoms with Crippen LogP contribution in [0.25, 0.3) is 33.3 Å². The first-order valence-electron chi connectivity index (χ1n) is 14.4. The number of nitrogens with two attached hydrogens (primary N) is 1. The van der Waals surface area contributed by atoms with Gasteiger partial charge in [0.1, 0.15) is 17.4 Å². The van der Waals surface area contributed by atoms with E-state index in [2.05, 4.69) is 11.4 Å². The summed E-state index contributed by atoms with van der Waals surface area (Å²) in [6.45, 7) is 4.47. The van der Waals surface area contributed by atoms with Crippen molar-refractivity contribution in [2.75, 3.05) is 33.1 Å². The molecule has 2 atom stereocenters. The Morgan fingerprint density at radius 3 is 2.66 bits per heavy atom. The van der Waals surface area contributed by atoms with Crippen LogP contribution in [0.3, 0.4) is 0 Å². The van der Waals surface area contributed by atoms with Crippen LogP contribution in [0.15, 0.2) is 73.1 Å². The minimum Gasteiger partial charge on any atom is -0.497 e. The number of likely N-dealkylation sites (N-methyl/N-ethyl adjacent to an activating group) is 1. The van der Waals surface area contributed by atoms with E-state index in [1.54, 1.807) is 42.1 Å². The lowest BCUT2D eigenvalue weighted by Crippen LogP contribution is -2.38. The highest BCUT2D eigenvalue weighted by molar-refractivity contribution is 6.00. The van der Waals surface area contributed by atoms with Gasteiger partial charge < -0.3 is 25.4 Å². The van der Waals surface area contributed by atoms with Crippen LogP contribution in [0, 0.1) is 17.2 Å². The summed E-state index contributed by atoms with van der Waals surface area (Å²) < 4.78 is 12.9. The molecule has 0 bridgehead atoms. The molecule has 4 rings (SSSR count). The van der Waals surface area contributed by atoms with Crippen LogP contribution in [-0.2, 0) is 21.1 Å². The van der Waals surface area contributed by atoms with Gasteiger partial charge in [0.15, 0.2) is 6.73 Å². The van der Waals surface area contributed by atoms with Gasteiger partial charge in [-0.2, -0.15) is 5.26 Å². The zero-order valence-electron chi connectivity index (χ0n) is 25.7. The fraction of sp³-hybridized carbons (Fsp3) is 0.294. The number of esters is 1. The zero-order valence-corrected chi connectivity index (χ0v) is 25.7. The molecule has 0 unspecified atom stereocenters. The van der Waals surface area contributed by atoms with Crippen LogP contribution in [0.2, 0.25) is 0 Å². The standard InChI is InChI=1S/C34H38N6O4/c1-6-22(2)32(36)34(42)44-21-40-20-30(24-10-7-9-23(13-24)18-35)29-16-26(19-37-33(29)40)25-14-27(17-28(15-25)43-5)38-31(41)11-8-12-39(3)4/h7-11,13-17,19-20,22,32H,6,12,21,36H2,1-5H3,(H,38,41)/b11-8+/t22-,32-/m0/s1. The number of anilines is 1. The Morgan fingerprint density at radius 1 is 1.16 bits per heavy atom. The molecular weight excluding hydrogens is 556 g/mol. The molecule has 0 aliphatic carbocycles. The predicted molar refractivity (Wildman–Crippen MR) is 172 cm³/mol. The Hall–Kier alpha value is -4.98. The average molecular weight is 595 g/mol. The first-order chi connectivity index (χ1) is 21.1. The van der Waals surface area contributed by atoms with Crippen LogP contribution in [0.5, 0.6) is 5.75 Å². The van der Waals surface area contributed by atoms with Gasteiger partial charge in [0.2, 0.25) is 5.91 Å². The third-order valence-electron chi connectivity index (χ3n) is 7.37. The monoisotopic (exact) mass is 594 g/mol. The van der Waals surface area contributed by atoms with Crippen LogP contribution >= 0.6 is 0 Å². The number of nitriles is 1. The number of carbonyl (C=O) groups excluding carboxylic acids is 2. The van der Waals surface area contributed by atoms with E-state index in [1.807, 2.05) is 69.4 Å². The minimum absolute atomic E-state index is 0.0134. The second-order valence-corrected chi connectivity index (χ2v) is 10.9. The maximum atomic E-state index is 12.6. The van der Waals surface area contributed by atoms with Crippen molar-refractivity contribution in [2.45, 2.75) is 33.0 Å². The first-order valence-corrected chi connectivity index (χ1v) is 14.4. The molecule has 4 aromatic rings. The molecule has 228 valence electrons. The van der Waals surface area contributed by atoms with Crippen molar-refractivity contribution in [1.29, 1.82) is 5.26 Å². The molecule has 0 saturated heterocycles. The Bertz CT molecular complexity index is 1720. The average Bonchev–Trinajstić information content (AvgIpc) is 3.40. The van der Waals surface area contributed by atoms with Gasteiger partial charge in [0.25, 0.3) is 0 Å². The number of nitrogens with zero attached hydrogens (tertiary/aromatic N) is 4. The molecule has 1 amide bonds. The molecule has 2 aromatic heterocycles. The van der Waals surface area contributed by atoms with Gasteiger partial charge in [0.05, 0.1) is 18.7 Å². The lowest BCUT2D eigenvalue weighted by molar-refractivity contribution is -0.150. The number of ether oxygens (including phenoxy) is 2. The zero-order chi connectivity index (χ0) is 31.8. The summed E-state index contributed by atoms with van der Waals surface area (Å²) in [6.07, 6.45) is 7.63. The Labute approximate surface area is 257 Å². The fourth-order valence-electron chi connectivity index (χ4n) is 4.64. The summed E-state index contributed by atoms with van der Waals surface area (Å²) >= 11 is 0. The number of hydrogen-bond acceptors (Lipinski definition) is 8. The number of fused-ring (bicyclic) bond motifs is 1. The summed E-state index contributed by atoms with van der Waals surface area (Å²) in [7, 11) is 5.42. The summed E-state index contributed by atoms with van der Waals surface area (Å²) in [5, 5.41) is 13.2. The molecule has 0 fully saturated rings. The van der Waals surface area contributed by atoms with E-state index < -0.39 is 12.0 Å². The number of methoxy groups -OCH3 is 1. The summed E-state index contributed by atoms with van der Waals surface area (Å²) in [5.74, 6) is -0.174. The number of carbonyl (C=O) groups is 2. The van der Waals surface area contributed by atoms with Crippen molar-refractivity contribution in [1.82, 2.24) is 14.5 Å². The maximum absolute atomic E-state index is 12.6. The van der Waals surface area contributed by atoms with Crippen molar-refractivity contribution in [3.8, 4) is 34.1 Å². The summed E-state index contributed by atoms with van der Waals surface area (Å²) in [4.78, 5) is 31.9. The van der Waals surface area contributed by atoms with Crippen molar-refractivity contribution in [3.05, 3.63) is 78.6 Å². The van der Waals surface area contributed by atoms with Crippen LogP contribution < -0.4 is 15.8 Å². The third kappa shape index (κ3) is 7.69. The highest BCUT2D eigenvalue weighted by Crippen LogP contribution is 2.35. The molecule has 44 heavy (non-hydrogen) atoms. The molecule has 10 heteroatoms. The summed E-state index contributed by atoms with van der Waals surface area (Å²) in [6, 6.07) is 16.2. The molecular formula is C34H38N6O4. The normalized spacial score (nSPS) is 12.7. The molecule has 0 radical (unpaired) electrons. The van der Waals surface area contributed by atoms with E-state index in [0.29, 0.717) is 29.2 Å². The number of benzene rings is 2. The van der Waals surface area contributed by atoms with Crippen LogP contribution in [0.4, 0.5) is 5.69 Å². The molecule has 2 heterocycles. The summed E-state index contributed by atoms with van der Waals surface area (Å²) in [5.41, 5.74) is 11.0. The van der Waals surface area contributed by atoms with E-state index >= 15 is 0 Å². The highest BCUT2D eigenvalue weighted by atomic mass is 16.5. The predicted octanol–water partition coefficient (Wildman–Crippen LogP) is 5.18. The van der Waals surface area contributed by atoms with Crippen molar-refractivity contribution < 1.29 is 19.1 Å².